The lowest BCUT2D eigenvalue weighted by atomic mass is 9.84. The van der Waals surface area contributed by atoms with E-state index >= 15 is 0 Å². The summed E-state index contributed by atoms with van der Waals surface area (Å²) in [5.41, 5.74) is 9.67. The normalized spacial score (nSPS) is 30.3. The van der Waals surface area contributed by atoms with Crippen LogP contribution in [0.1, 0.15) is 75.8 Å². The Bertz CT molecular complexity index is 1340. The van der Waals surface area contributed by atoms with Crippen LogP contribution in [0, 0.1) is 11.3 Å². The number of nitrogens with zero attached hydrogens (tertiary/aromatic N) is 3. The summed E-state index contributed by atoms with van der Waals surface area (Å²) in [6.07, 6.45) is 14.3. The Hall–Kier alpha value is -2.90. The second kappa shape index (κ2) is 8.80. The van der Waals surface area contributed by atoms with Crippen LogP contribution in [0.4, 0.5) is 0 Å². The third-order valence-corrected chi connectivity index (χ3v) is 10.6. The van der Waals surface area contributed by atoms with E-state index in [1.807, 2.05) is 4.90 Å². The van der Waals surface area contributed by atoms with Crippen molar-refractivity contribution >= 4 is 17.4 Å². The van der Waals surface area contributed by atoms with E-state index in [-0.39, 0.29) is 23.0 Å². The molecule has 1 spiro atoms. The van der Waals surface area contributed by atoms with Gasteiger partial charge in [0.15, 0.2) is 0 Å². The van der Waals surface area contributed by atoms with Crippen molar-refractivity contribution in [2.24, 2.45) is 11.3 Å². The second-order valence-corrected chi connectivity index (χ2v) is 13.9. The molecule has 4 aliphatic carbocycles. The van der Waals surface area contributed by atoms with Crippen LogP contribution in [0.25, 0.3) is 5.57 Å². The maximum atomic E-state index is 13.5. The van der Waals surface area contributed by atoms with E-state index in [0.29, 0.717) is 23.8 Å². The molecule has 5 fully saturated rings. The summed E-state index contributed by atoms with van der Waals surface area (Å²) in [7, 11) is 0. The Kier molecular flexibility index (Phi) is 5.47. The topological polar surface area (TPSA) is 67.9 Å². The molecule has 7 nitrogen and oxygen atoms in total. The van der Waals surface area contributed by atoms with Gasteiger partial charge < -0.3 is 14.8 Å². The fraction of sp³-hybridized carbons (Fsp3) is 0.576. The van der Waals surface area contributed by atoms with Crippen molar-refractivity contribution in [3.05, 3.63) is 64.9 Å². The maximum Gasteiger partial charge on any atom is 0.244 e. The summed E-state index contributed by atoms with van der Waals surface area (Å²) in [5.74, 6) is 1.30. The number of allylic oxidation sites excluding steroid dienone is 2. The Balaban J connectivity index is 0.940. The summed E-state index contributed by atoms with van der Waals surface area (Å²) in [6.45, 7) is 7.54. The van der Waals surface area contributed by atoms with Crippen LogP contribution in [0.2, 0.25) is 0 Å². The van der Waals surface area contributed by atoms with E-state index in [4.69, 9.17) is 0 Å². The highest BCUT2D eigenvalue weighted by molar-refractivity contribution is 5.92. The molecule has 2 unspecified atom stereocenters. The van der Waals surface area contributed by atoms with Crippen molar-refractivity contribution in [1.29, 1.82) is 0 Å². The molecule has 3 aliphatic heterocycles. The largest absolute Gasteiger partial charge is 0.341 e. The molecule has 8 rings (SSSR count). The van der Waals surface area contributed by atoms with E-state index in [0.717, 1.165) is 58.3 Å². The van der Waals surface area contributed by atoms with Crippen LogP contribution in [-0.4, -0.2) is 70.5 Å². The molecule has 1 aromatic rings. The second-order valence-electron chi connectivity index (χ2n) is 13.9. The molecule has 3 saturated carbocycles. The smallest absolute Gasteiger partial charge is 0.244 e. The van der Waals surface area contributed by atoms with Crippen molar-refractivity contribution in [3.8, 4) is 0 Å². The average Bonchev–Trinajstić information content (AvgIpc) is 3.88. The Morgan fingerprint density at radius 1 is 1.07 bits per heavy atom. The zero-order valence-corrected chi connectivity index (χ0v) is 23.8. The van der Waals surface area contributed by atoms with Gasteiger partial charge in [-0.2, -0.15) is 0 Å². The van der Waals surface area contributed by atoms with Crippen molar-refractivity contribution < 1.29 is 9.59 Å². The van der Waals surface area contributed by atoms with Crippen LogP contribution >= 0.6 is 0 Å². The molecule has 0 radical (unpaired) electrons. The molecule has 40 heavy (non-hydrogen) atoms. The lowest BCUT2D eigenvalue weighted by Crippen LogP contribution is -2.56. The number of carbonyl (C=O) groups is 2. The van der Waals surface area contributed by atoms with E-state index in [1.54, 1.807) is 0 Å². The molecule has 2 saturated heterocycles. The molecule has 2 atom stereocenters. The highest BCUT2D eigenvalue weighted by Crippen LogP contribution is 2.48. The van der Waals surface area contributed by atoms with Gasteiger partial charge in [0.2, 0.25) is 11.8 Å². The lowest BCUT2D eigenvalue weighted by Gasteiger charge is -2.43. The van der Waals surface area contributed by atoms with E-state index in [9.17, 15) is 9.59 Å². The van der Waals surface area contributed by atoms with Crippen molar-refractivity contribution in [1.82, 2.24) is 25.6 Å². The summed E-state index contributed by atoms with van der Waals surface area (Å²) < 4.78 is 0. The predicted molar refractivity (Wildman–Crippen MR) is 154 cm³/mol. The minimum Gasteiger partial charge on any atom is -0.341 e. The van der Waals surface area contributed by atoms with Crippen molar-refractivity contribution in [2.45, 2.75) is 82.5 Å². The fourth-order valence-corrected chi connectivity index (χ4v) is 7.20. The summed E-state index contributed by atoms with van der Waals surface area (Å²) in [4.78, 5) is 30.3. The maximum absolute atomic E-state index is 13.5. The van der Waals surface area contributed by atoms with Gasteiger partial charge in [-0.05, 0) is 74.1 Å². The first-order valence-electron chi connectivity index (χ1n) is 15.4. The number of carbonyl (C=O) groups excluding carboxylic acids is 2. The van der Waals surface area contributed by atoms with Crippen LogP contribution in [0.3, 0.4) is 0 Å². The molecule has 3 heterocycles. The van der Waals surface area contributed by atoms with Gasteiger partial charge in [0.05, 0.1) is 0 Å². The van der Waals surface area contributed by atoms with Gasteiger partial charge in [0.25, 0.3) is 0 Å². The van der Waals surface area contributed by atoms with Gasteiger partial charge in [0, 0.05) is 55.7 Å². The standard InChI is InChI=1S/C33H41N5O2/c1-21-15-25(23-3-5-24(6-4-23)26-16-34-38(20-26)27-8-9-27)7-10-28(21)29-35-33(13-14-33)31(40)37(29)19-22-17-36(18-22)30(39)32(2)11-12-32/h3-7,10,20,22,25,27,29,34-35H,8-9,11-19H2,1-2H3. The molecule has 7 aliphatic rings. The molecule has 210 valence electrons. The van der Waals surface area contributed by atoms with Gasteiger partial charge in [-0.1, -0.05) is 48.9 Å². The third kappa shape index (κ3) is 4.16. The zero-order valence-electron chi connectivity index (χ0n) is 23.8. The van der Waals surface area contributed by atoms with Gasteiger partial charge in [-0.3, -0.25) is 14.9 Å². The molecule has 2 N–H and O–H groups in total. The minimum absolute atomic E-state index is 0.0588. The van der Waals surface area contributed by atoms with Crippen LogP contribution in [0.15, 0.2) is 53.8 Å². The van der Waals surface area contributed by atoms with Crippen LogP contribution in [0.5, 0.6) is 0 Å². The van der Waals surface area contributed by atoms with Crippen molar-refractivity contribution in [2.75, 3.05) is 26.2 Å². The number of hydrogen-bond acceptors (Lipinski definition) is 5. The van der Waals surface area contributed by atoms with Gasteiger partial charge in [-0.15, -0.1) is 0 Å². The Labute approximate surface area is 237 Å². The first-order valence-corrected chi connectivity index (χ1v) is 15.4. The van der Waals surface area contributed by atoms with E-state index in [1.165, 1.54) is 40.7 Å². The van der Waals surface area contributed by atoms with E-state index in [2.05, 4.69) is 77.1 Å². The fourth-order valence-electron chi connectivity index (χ4n) is 7.20. The Morgan fingerprint density at radius 3 is 2.48 bits per heavy atom. The first-order chi connectivity index (χ1) is 19.3. The number of nitrogens with one attached hydrogen (secondary N) is 2. The summed E-state index contributed by atoms with van der Waals surface area (Å²) >= 11 is 0. The first kappa shape index (κ1) is 24.9. The monoisotopic (exact) mass is 539 g/mol. The lowest BCUT2D eigenvalue weighted by molar-refractivity contribution is -0.144. The van der Waals surface area contributed by atoms with Gasteiger partial charge in [-0.25, -0.2) is 5.43 Å². The molecule has 7 heteroatoms. The van der Waals surface area contributed by atoms with Gasteiger partial charge in [0.1, 0.15) is 11.7 Å². The highest BCUT2D eigenvalue weighted by Gasteiger charge is 2.60. The highest BCUT2D eigenvalue weighted by atomic mass is 16.2. The summed E-state index contributed by atoms with van der Waals surface area (Å²) in [6, 6.07) is 9.81. The number of hydrazine groups is 1. The molecular formula is C33H41N5O2. The zero-order chi connectivity index (χ0) is 27.2. The van der Waals surface area contributed by atoms with Crippen molar-refractivity contribution in [3.63, 3.8) is 0 Å². The molecule has 0 bridgehead atoms. The molecule has 0 aromatic heterocycles. The van der Waals surface area contributed by atoms with Crippen LogP contribution in [-0.2, 0) is 9.59 Å². The van der Waals surface area contributed by atoms with E-state index < -0.39 is 0 Å². The van der Waals surface area contributed by atoms with Gasteiger partial charge >= 0.3 is 0 Å². The minimum atomic E-state index is -0.349. The third-order valence-electron chi connectivity index (χ3n) is 10.6. The number of benzene rings is 1. The average molecular weight is 540 g/mol. The molecule has 2 amide bonds. The predicted octanol–water partition coefficient (Wildman–Crippen LogP) is 3.92. The quantitative estimate of drug-likeness (QED) is 0.550. The SMILES string of the molecule is CC1=C(C2NC3(CC3)C(=O)N2CC2CN(C(=O)C3(C)CC3)C2)C=CC(c2ccc(C3=CN(C4CC4)NC3)cc2)C1. The number of hydrogen-bond donors (Lipinski definition) is 2. The molecular weight excluding hydrogens is 498 g/mol. The summed E-state index contributed by atoms with van der Waals surface area (Å²) in [5, 5.41) is 6.03. The number of likely N-dealkylation sites (tertiary alicyclic amines) is 1. The number of amides is 2. The molecule has 1 aromatic carbocycles. The number of rotatable bonds is 7. The Morgan fingerprint density at radius 2 is 1.82 bits per heavy atom. The van der Waals surface area contributed by atoms with Crippen LogP contribution < -0.4 is 10.7 Å².